The molecule has 0 saturated carbocycles. The summed E-state index contributed by atoms with van der Waals surface area (Å²) >= 11 is 0. The van der Waals surface area contributed by atoms with Gasteiger partial charge >= 0.3 is 11.9 Å². The van der Waals surface area contributed by atoms with E-state index in [9.17, 15) is 9.59 Å². The van der Waals surface area contributed by atoms with Crippen LogP contribution >= 0.6 is 0 Å². The molecule has 0 N–H and O–H groups in total. The summed E-state index contributed by atoms with van der Waals surface area (Å²) < 4.78 is 16.4. The van der Waals surface area contributed by atoms with Crippen molar-refractivity contribution in [2.75, 3.05) is 13.2 Å². The third-order valence-electron chi connectivity index (χ3n) is 3.48. The molecule has 0 aromatic rings. The standard InChI is InChI=1S/C16H34O5Si2/c1-7-19-15(17)11-9-13-22(3,4)21-23(5,6)14-10-12-16(18)20-8-2/h7-14H2,1-6H3. The lowest BCUT2D eigenvalue weighted by Crippen LogP contribution is -2.44. The monoisotopic (exact) mass is 362 g/mol. The van der Waals surface area contributed by atoms with E-state index in [2.05, 4.69) is 26.2 Å². The van der Waals surface area contributed by atoms with Crippen LogP contribution in [-0.2, 0) is 23.2 Å². The van der Waals surface area contributed by atoms with Gasteiger partial charge in [-0.1, -0.05) is 0 Å². The Morgan fingerprint density at radius 1 is 0.739 bits per heavy atom. The molecule has 0 atom stereocenters. The molecular formula is C16H34O5Si2. The Labute approximate surface area is 143 Å². The lowest BCUT2D eigenvalue weighted by atomic mass is 10.3. The van der Waals surface area contributed by atoms with Gasteiger partial charge in [-0.25, -0.2) is 0 Å². The van der Waals surface area contributed by atoms with E-state index in [4.69, 9.17) is 13.6 Å². The van der Waals surface area contributed by atoms with Gasteiger partial charge in [0.2, 0.25) is 0 Å². The fraction of sp³-hybridized carbons (Fsp3) is 0.875. The summed E-state index contributed by atoms with van der Waals surface area (Å²) in [7, 11) is -3.57. The van der Waals surface area contributed by atoms with E-state index < -0.39 is 16.6 Å². The van der Waals surface area contributed by atoms with Crippen molar-refractivity contribution in [3.8, 4) is 0 Å². The van der Waals surface area contributed by atoms with Gasteiger partial charge in [-0.15, -0.1) is 0 Å². The molecule has 0 spiro atoms. The van der Waals surface area contributed by atoms with Crippen molar-refractivity contribution in [2.24, 2.45) is 0 Å². The molecule has 136 valence electrons. The van der Waals surface area contributed by atoms with Crippen molar-refractivity contribution >= 4 is 28.6 Å². The van der Waals surface area contributed by atoms with E-state index >= 15 is 0 Å². The maximum absolute atomic E-state index is 11.4. The summed E-state index contributed by atoms with van der Waals surface area (Å²) in [5, 5.41) is 0. The Bertz CT molecular complexity index is 335. The molecule has 0 aromatic carbocycles. The lowest BCUT2D eigenvalue weighted by Gasteiger charge is -2.34. The topological polar surface area (TPSA) is 61.8 Å². The molecule has 0 amide bonds. The van der Waals surface area contributed by atoms with Crippen molar-refractivity contribution in [1.82, 2.24) is 0 Å². The first kappa shape index (κ1) is 22.3. The number of hydrogen-bond donors (Lipinski definition) is 0. The zero-order valence-electron chi connectivity index (χ0n) is 15.7. The second-order valence-corrected chi connectivity index (χ2v) is 15.8. The summed E-state index contributed by atoms with van der Waals surface area (Å²) in [4.78, 5) is 22.8. The highest BCUT2D eigenvalue weighted by Gasteiger charge is 2.32. The molecule has 5 nitrogen and oxygen atoms in total. The van der Waals surface area contributed by atoms with E-state index in [-0.39, 0.29) is 11.9 Å². The first-order valence-electron chi connectivity index (χ1n) is 8.63. The largest absolute Gasteiger partial charge is 0.466 e. The van der Waals surface area contributed by atoms with Crippen LogP contribution in [0.4, 0.5) is 0 Å². The Morgan fingerprint density at radius 3 is 1.39 bits per heavy atom. The number of rotatable bonds is 12. The number of carbonyl (C=O) groups is 2. The molecule has 0 bridgehead atoms. The minimum Gasteiger partial charge on any atom is -0.466 e. The second kappa shape index (κ2) is 11.0. The predicted molar refractivity (Wildman–Crippen MR) is 97.4 cm³/mol. The van der Waals surface area contributed by atoms with Crippen LogP contribution in [0, 0.1) is 0 Å². The van der Waals surface area contributed by atoms with Crippen molar-refractivity contribution in [1.29, 1.82) is 0 Å². The van der Waals surface area contributed by atoms with Crippen LogP contribution in [0.3, 0.4) is 0 Å². The molecule has 0 unspecified atom stereocenters. The summed E-state index contributed by atoms with van der Waals surface area (Å²) in [5.41, 5.74) is 0. The summed E-state index contributed by atoms with van der Waals surface area (Å²) in [6, 6.07) is 1.92. The van der Waals surface area contributed by atoms with E-state index in [0.717, 1.165) is 24.9 Å². The zero-order chi connectivity index (χ0) is 17.9. The minimum absolute atomic E-state index is 0.122. The van der Waals surface area contributed by atoms with Gasteiger partial charge in [-0.3, -0.25) is 9.59 Å². The van der Waals surface area contributed by atoms with Crippen molar-refractivity contribution in [3.63, 3.8) is 0 Å². The smallest absolute Gasteiger partial charge is 0.305 e. The summed E-state index contributed by atoms with van der Waals surface area (Å²) in [6.45, 7) is 13.4. The van der Waals surface area contributed by atoms with Gasteiger partial charge in [0, 0.05) is 12.8 Å². The highest BCUT2D eigenvalue weighted by Crippen LogP contribution is 2.25. The number of ether oxygens (including phenoxy) is 2. The zero-order valence-corrected chi connectivity index (χ0v) is 17.7. The molecule has 0 fully saturated rings. The first-order chi connectivity index (χ1) is 10.6. The maximum Gasteiger partial charge on any atom is 0.305 e. The molecule has 0 radical (unpaired) electrons. The Morgan fingerprint density at radius 2 is 1.09 bits per heavy atom. The average Bonchev–Trinajstić information content (AvgIpc) is 2.37. The Kier molecular flexibility index (Phi) is 10.7. The third kappa shape index (κ3) is 12.4. The number of esters is 2. The highest BCUT2D eigenvalue weighted by molar-refractivity contribution is 6.84. The van der Waals surface area contributed by atoms with Crippen LogP contribution in [-0.4, -0.2) is 41.8 Å². The summed E-state index contributed by atoms with van der Waals surface area (Å²) in [6.07, 6.45) is 2.59. The molecule has 23 heavy (non-hydrogen) atoms. The van der Waals surface area contributed by atoms with E-state index in [1.807, 2.05) is 13.8 Å². The van der Waals surface area contributed by atoms with Crippen molar-refractivity contribution in [2.45, 2.75) is 77.8 Å². The quantitative estimate of drug-likeness (QED) is 0.386. The lowest BCUT2D eigenvalue weighted by molar-refractivity contribution is -0.144. The normalized spacial score (nSPS) is 12.1. The molecular weight excluding hydrogens is 328 g/mol. The third-order valence-corrected chi connectivity index (χ3v) is 11.0. The van der Waals surface area contributed by atoms with Crippen LogP contribution in [0.15, 0.2) is 0 Å². The molecule has 0 heterocycles. The van der Waals surface area contributed by atoms with Gasteiger partial charge in [0.1, 0.15) is 0 Å². The molecule has 0 saturated heterocycles. The predicted octanol–water partition coefficient (Wildman–Crippen LogP) is 4.10. The van der Waals surface area contributed by atoms with E-state index in [1.165, 1.54) is 0 Å². The fourth-order valence-corrected chi connectivity index (χ4v) is 11.5. The van der Waals surface area contributed by atoms with Gasteiger partial charge < -0.3 is 13.6 Å². The van der Waals surface area contributed by atoms with Crippen LogP contribution in [0.2, 0.25) is 38.3 Å². The van der Waals surface area contributed by atoms with Crippen LogP contribution in [0.5, 0.6) is 0 Å². The summed E-state index contributed by atoms with van der Waals surface area (Å²) in [5.74, 6) is -0.244. The van der Waals surface area contributed by atoms with Crippen molar-refractivity contribution < 1.29 is 23.2 Å². The molecule has 0 aromatic heterocycles. The van der Waals surface area contributed by atoms with Gasteiger partial charge in [0.15, 0.2) is 16.6 Å². The molecule has 0 rings (SSSR count). The minimum atomic E-state index is -1.78. The highest BCUT2D eigenvalue weighted by atomic mass is 28.4. The Balaban J connectivity index is 4.13. The molecule has 0 aliphatic heterocycles. The van der Waals surface area contributed by atoms with Crippen LogP contribution in [0.1, 0.15) is 39.5 Å². The number of carbonyl (C=O) groups excluding carboxylic acids is 2. The molecule has 0 aliphatic rings. The molecule has 7 heteroatoms. The second-order valence-electron chi connectivity index (χ2n) is 6.94. The maximum atomic E-state index is 11.4. The van der Waals surface area contributed by atoms with E-state index in [1.54, 1.807) is 0 Å². The first-order valence-corrected chi connectivity index (χ1v) is 14.9. The van der Waals surface area contributed by atoms with Gasteiger partial charge in [-0.05, 0) is 65.0 Å². The number of hydrogen-bond acceptors (Lipinski definition) is 5. The van der Waals surface area contributed by atoms with Crippen molar-refractivity contribution in [3.05, 3.63) is 0 Å². The SMILES string of the molecule is CCOC(=O)CCC[Si](C)(C)O[Si](C)(C)CCCC(=O)OCC. The average molecular weight is 363 g/mol. The van der Waals surface area contributed by atoms with Gasteiger partial charge in [0.05, 0.1) is 13.2 Å². The van der Waals surface area contributed by atoms with E-state index in [0.29, 0.717) is 26.1 Å². The van der Waals surface area contributed by atoms with Gasteiger partial charge in [0.25, 0.3) is 0 Å². The molecule has 0 aliphatic carbocycles. The van der Waals surface area contributed by atoms with Crippen LogP contribution < -0.4 is 0 Å². The fourth-order valence-electron chi connectivity index (χ4n) is 2.63. The Hall–Kier alpha value is -0.666. The van der Waals surface area contributed by atoms with Crippen LogP contribution in [0.25, 0.3) is 0 Å². The van der Waals surface area contributed by atoms with Gasteiger partial charge in [-0.2, -0.15) is 0 Å².